The van der Waals surface area contributed by atoms with Crippen LogP contribution in [0, 0.1) is 5.82 Å². The molecule has 0 atom stereocenters. The molecular weight excluding hydrogens is 251 g/mol. The van der Waals surface area contributed by atoms with Crippen LogP contribution in [-0.2, 0) is 16.1 Å². The second-order valence-corrected chi connectivity index (χ2v) is 3.96. The third kappa shape index (κ3) is 5.23. The number of hydrogen-bond acceptors (Lipinski definition) is 4. The normalized spacial score (nSPS) is 11.8. The minimum absolute atomic E-state index is 0.126. The van der Waals surface area contributed by atoms with Crippen molar-refractivity contribution in [2.24, 2.45) is 10.9 Å². The fourth-order valence-corrected chi connectivity index (χ4v) is 1.43. The Bertz CT molecular complexity index is 424. The van der Waals surface area contributed by atoms with Crippen LogP contribution < -0.4 is 5.73 Å². The molecular formula is C13H19FN2O3. The van der Waals surface area contributed by atoms with E-state index >= 15 is 0 Å². The Labute approximate surface area is 111 Å². The van der Waals surface area contributed by atoms with Crippen LogP contribution in [0.2, 0.25) is 0 Å². The van der Waals surface area contributed by atoms with E-state index in [1.165, 1.54) is 6.07 Å². The third-order valence-electron chi connectivity index (χ3n) is 2.43. The highest BCUT2D eigenvalue weighted by Gasteiger charge is 2.06. The first-order chi connectivity index (χ1) is 9.19. The molecule has 1 aromatic carbocycles. The molecule has 0 spiro atoms. The number of rotatable bonds is 8. The summed E-state index contributed by atoms with van der Waals surface area (Å²) in [5.41, 5.74) is 6.12. The van der Waals surface area contributed by atoms with Crippen molar-refractivity contribution in [2.75, 3.05) is 19.8 Å². The zero-order valence-electron chi connectivity index (χ0n) is 10.9. The summed E-state index contributed by atoms with van der Waals surface area (Å²) in [7, 11) is 0. The summed E-state index contributed by atoms with van der Waals surface area (Å²) in [4.78, 5) is 0. The zero-order valence-corrected chi connectivity index (χ0v) is 10.9. The third-order valence-corrected chi connectivity index (χ3v) is 2.43. The van der Waals surface area contributed by atoms with E-state index in [1.807, 2.05) is 6.92 Å². The summed E-state index contributed by atoms with van der Waals surface area (Å²) in [5, 5.41) is 11.3. The molecule has 106 valence electrons. The van der Waals surface area contributed by atoms with Gasteiger partial charge < -0.3 is 20.4 Å². The van der Waals surface area contributed by atoms with E-state index in [1.54, 1.807) is 12.1 Å². The lowest BCUT2D eigenvalue weighted by Crippen LogP contribution is -2.13. The van der Waals surface area contributed by atoms with Gasteiger partial charge in [-0.15, -0.1) is 0 Å². The molecule has 1 rings (SSSR count). The maximum Gasteiger partial charge on any atom is 0.170 e. The number of oxime groups is 1. The lowest BCUT2D eigenvalue weighted by molar-refractivity contribution is 0.0399. The van der Waals surface area contributed by atoms with Crippen LogP contribution in [0.25, 0.3) is 0 Å². The number of amidine groups is 1. The lowest BCUT2D eigenvalue weighted by Gasteiger charge is -2.07. The summed E-state index contributed by atoms with van der Waals surface area (Å²) >= 11 is 0. The lowest BCUT2D eigenvalue weighted by atomic mass is 10.1. The standard InChI is InChI=1S/C13H19FN2O3/c1-2-5-18-6-7-19-9-11-4-3-10(8-12(11)14)13(15)16-17/h3-4,8,17H,2,5-7,9H2,1H3,(H2,15,16). The second-order valence-electron chi connectivity index (χ2n) is 3.96. The van der Waals surface area contributed by atoms with Crippen molar-refractivity contribution in [3.05, 3.63) is 35.1 Å². The van der Waals surface area contributed by atoms with Crippen LogP contribution in [0.5, 0.6) is 0 Å². The topological polar surface area (TPSA) is 77.1 Å². The van der Waals surface area contributed by atoms with Crippen LogP contribution >= 0.6 is 0 Å². The van der Waals surface area contributed by atoms with Gasteiger partial charge in [0.25, 0.3) is 0 Å². The average Bonchev–Trinajstić information content (AvgIpc) is 2.43. The van der Waals surface area contributed by atoms with Gasteiger partial charge in [-0.25, -0.2) is 4.39 Å². The smallest absolute Gasteiger partial charge is 0.170 e. The molecule has 0 unspecified atom stereocenters. The predicted octanol–water partition coefficient (Wildman–Crippen LogP) is 1.86. The van der Waals surface area contributed by atoms with Gasteiger partial charge in [-0.3, -0.25) is 0 Å². The Kier molecular flexibility index (Phi) is 6.84. The minimum atomic E-state index is -0.446. The molecule has 0 heterocycles. The SMILES string of the molecule is CCCOCCOCc1ccc(C(N)=NO)cc1F. The van der Waals surface area contributed by atoms with Crippen molar-refractivity contribution in [2.45, 2.75) is 20.0 Å². The van der Waals surface area contributed by atoms with E-state index in [9.17, 15) is 4.39 Å². The molecule has 0 aliphatic rings. The summed E-state index contributed by atoms with van der Waals surface area (Å²) in [6.07, 6.45) is 0.962. The van der Waals surface area contributed by atoms with Gasteiger partial charge in [0.1, 0.15) is 5.82 Å². The highest BCUT2D eigenvalue weighted by Crippen LogP contribution is 2.11. The van der Waals surface area contributed by atoms with Crippen LogP contribution in [-0.4, -0.2) is 30.9 Å². The Morgan fingerprint density at radius 3 is 2.68 bits per heavy atom. The maximum atomic E-state index is 13.7. The van der Waals surface area contributed by atoms with Crippen molar-refractivity contribution < 1.29 is 19.1 Å². The van der Waals surface area contributed by atoms with Gasteiger partial charge in [0.05, 0.1) is 19.8 Å². The molecule has 0 aliphatic heterocycles. The fraction of sp³-hybridized carbons (Fsp3) is 0.462. The van der Waals surface area contributed by atoms with E-state index in [4.69, 9.17) is 20.4 Å². The van der Waals surface area contributed by atoms with Gasteiger partial charge in [0, 0.05) is 17.7 Å². The zero-order chi connectivity index (χ0) is 14.1. The number of nitrogens with zero attached hydrogens (tertiary/aromatic N) is 1. The van der Waals surface area contributed by atoms with Gasteiger partial charge in [0.2, 0.25) is 0 Å². The summed E-state index contributed by atoms with van der Waals surface area (Å²) in [6, 6.07) is 4.33. The molecule has 3 N–H and O–H groups in total. The molecule has 0 fully saturated rings. The molecule has 5 nitrogen and oxygen atoms in total. The molecule has 0 aliphatic carbocycles. The van der Waals surface area contributed by atoms with Crippen LogP contribution in [0.3, 0.4) is 0 Å². The van der Waals surface area contributed by atoms with E-state index in [-0.39, 0.29) is 12.4 Å². The van der Waals surface area contributed by atoms with E-state index in [2.05, 4.69) is 5.16 Å². The predicted molar refractivity (Wildman–Crippen MR) is 69.7 cm³/mol. The minimum Gasteiger partial charge on any atom is -0.409 e. The highest BCUT2D eigenvalue weighted by atomic mass is 19.1. The largest absolute Gasteiger partial charge is 0.409 e. The quantitative estimate of drug-likeness (QED) is 0.248. The summed E-state index contributed by atoms with van der Waals surface area (Å²) in [6.45, 7) is 3.81. The maximum absolute atomic E-state index is 13.7. The molecule has 0 amide bonds. The molecule has 1 aromatic rings. The Morgan fingerprint density at radius 2 is 2.05 bits per heavy atom. The molecule has 19 heavy (non-hydrogen) atoms. The van der Waals surface area contributed by atoms with Crippen molar-refractivity contribution in [1.82, 2.24) is 0 Å². The van der Waals surface area contributed by atoms with Crippen LogP contribution in [0.4, 0.5) is 4.39 Å². The van der Waals surface area contributed by atoms with E-state index in [0.29, 0.717) is 30.9 Å². The molecule has 0 saturated carbocycles. The average molecular weight is 270 g/mol. The molecule has 0 radical (unpaired) electrons. The molecule has 0 bridgehead atoms. The summed E-state index contributed by atoms with van der Waals surface area (Å²) < 4.78 is 24.2. The highest BCUT2D eigenvalue weighted by molar-refractivity contribution is 5.97. The molecule has 0 aromatic heterocycles. The van der Waals surface area contributed by atoms with Gasteiger partial charge in [0.15, 0.2) is 5.84 Å². The number of halogens is 1. The van der Waals surface area contributed by atoms with Crippen molar-refractivity contribution in [3.8, 4) is 0 Å². The van der Waals surface area contributed by atoms with Crippen LogP contribution in [0.15, 0.2) is 23.4 Å². The van der Waals surface area contributed by atoms with Crippen molar-refractivity contribution in [1.29, 1.82) is 0 Å². The summed E-state index contributed by atoms with van der Waals surface area (Å²) in [5.74, 6) is -0.571. The van der Waals surface area contributed by atoms with Crippen molar-refractivity contribution >= 4 is 5.84 Å². The van der Waals surface area contributed by atoms with Gasteiger partial charge in [-0.2, -0.15) is 0 Å². The Hall–Kier alpha value is -1.66. The van der Waals surface area contributed by atoms with Crippen molar-refractivity contribution in [3.63, 3.8) is 0 Å². The molecule has 6 heteroatoms. The Morgan fingerprint density at radius 1 is 1.32 bits per heavy atom. The first-order valence-electron chi connectivity index (χ1n) is 6.10. The first-order valence-corrected chi connectivity index (χ1v) is 6.10. The van der Waals surface area contributed by atoms with Gasteiger partial charge in [-0.1, -0.05) is 24.2 Å². The first kappa shape index (κ1) is 15.4. The number of nitrogens with two attached hydrogens (primary N) is 1. The second kappa shape index (κ2) is 8.44. The fourth-order valence-electron chi connectivity index (χ4n) is 1.43. The van der Waals surface area contributed by atoms with Gasteiger partial charge >= 0.3 is 0 Å². The number of ether oxygens (including phenoxy) is 2. The monoisotopic (exact) mass is 270 g/mol. The van der Waals surface area contributed by atoms with E-state index in [0.717, 1.165) is 6.42 Å². The number of hydrogen-bond donors (Lipinski definition) is 2. The van der Waals surface area contributed by atoms with Gasteiger partial charge in [-0.05, 0) is 12.5 Å². The number of benzene rings is 1. The van der Waals surface area contributed by atoms with Crippen LogP contribution in [0.1, 0.15) is 24.5 Å². The molecule has 0 saturated heterocycles. The van der Waals surface area contributed by atoms with E-state index < -0.39 is 5.82 Å². The Balaban J connectivity index is 2.43.